The summed E-state index contributed by atoms with van der Waals surface area (Å²) in [6, 6.07) is 3.70. The first-order valence-electron chi connectivity index (χ1n) is 11.3. The lowest BCUT2D eigenvalue weighted by atomic mass is 10.0. The summed E-state index contributed by atoms with van der Waals surface area (Å²) in [4.78, 5) is 13.1. The van der Waals surface area contributed by atoms with E-state index in [4.69, 9.17) is 17.2 Å². The number of benzene rings is 2. The Bertz CT molecular complexity index is 1290. The van der Waals surface area contributed by atoms with Crippen LogP contribution in [0.15, 0.2) is 66.1 Å². The lowest BCUT2D eigenvalue weighted by molar-refractivity contribution is -0.123. The Hall–Kier alpha value is -2.80. The molecule has 0 aromatic heterocycles. The molecule has 1 heterocycles. The van der Waals surface area contributed by atoms with Crippen molar-refractivity contribution in [3.63, 3.8) is 0 Å². The molecule has 0 aliphatic carbocycles. The third-order valence-corrected chi connectivity index (χ3v) is 3.86. The second-order valence-electron chi connectivity index (χ2n) is 4.90. The van der Waals surface area contributed by atoms with E-state index >= 15 is 0 Å². The largest absolute Gasteiger partial charge is 0.460 e. The van der Waals surface area contributed by atoms with Crippen LogP contribution >= 0.6 is 0 Å². The molecular formula is C18H17NO5S. The highest BCUT2D eigenvalue weighted by Crippen LogP contribution is 2.32. The Kier molecular flexibility index (Phi) is 2.39. The van der Waals surface area contributed by atoms with Gasteiger partial charge < -0.3 is 14.6 Å². The van der Waals surface area contributed by atoms with Crippen LogP contribution in [0.5, 0.6) is 0 Å². The molecule has 0 unspecified atom stereocenters. The van der Waals surface area contributed by atoms with E-state index in [1.807, 2.05) is 0 Å². The average molecular weight is 368 g/mol. The topological polar surface area (TPSA) is 95.7 Å². The SMILES string of the molecule is [2H]c1c([2H])c([C@@]2([2H])OC(N([2H])[2H])=C(OS(=O)(=O)C([2H])([2H])c3ccccc3)C2=O)c([2H])c([2H])c1C. The molecule has 0 radical (unpaired) electrons. The molecule has 25 heavy (non-hydrogen) atoms. The van der Waals surface area contributed by atoms with Gasteiger partial charge in [-0.25, -0.2) is 0 Å². The fraction of sp³-hybridized carbons (Fsp3) is 0.167. The van der Waals surface area contributed by atoms with Crippen molar-refractivity contribution in [3.8, 4) is 0 Å². The number of hydrogen-bond donors (Lipinski definition) is 1. The zero-order valence-electron chi connectivity index (χ0n) is 21.8. The van der Waals surface area contributed by atoms with Crippen molar-refractivity contribution in [2.45, 2.75) is 18.7 Å². The van der Waals surface area contributed by atoms with Crippen LogP contribution in [0.1, 0.15) is 32.4 Å². The van der Waals surface area contributed by atoms with Crippen molar-refractivity contribution in [1.82, 2.24) is 0 Å². The molecule has 0 amide bonds. The molecular weight excluding hydrogens is 342 g/mol. The highest BCUT2D eigenvalue weighted by atomic mass is 32.2. The number of carbonyl (C=O) groups excluding carboxylic acids is 1. The number of rotatable bonds is 6. The third kappa shape index (κ3) is 3.83. The van der Waals surface area contributed by atoms with Crippen LogP contribution in [0.2, 0.25) is 2.82 Å². The molecule has 6 nitrogen and oxygen atoms in total. The van der Waals surface area contributed by atoms with Gasteiger partial charge in [0.2, 0.25) is 17.4 Å². The number of nitrogens with two attached hydrogens (primary N) is 1. The van der Waals surface area contributed by atoms with Crippen LogP contribution in [0.3, 0.4) is 0 Å². The van der Waals surface area contributed by atoms with Gasteiger partial charge in [-0.2, -0.15) is 8.42 Å². The lowest BCUT2D eigenvalue weighted by Gasteiger charge is -2.10. The second kappa shape index (κ2) is 6.60. The fourth-order valence-corrected chi connectivity index (χ4v) is 2.73. The van der Waals surface area contributed by atoms with Gasteiger partial charge in [0.15, 0.2) is 8.90 Å². The summed E-state index contributed by atoms with van der Waals surface area (Å²) < 4.78 is 107. The van der Waals surface area contributed by atoms with Crippen LogP contribution in [-0.4, -0.2) is 14.2 Å². The number of carbonyl (C=O) groups is 1. The minimum absolute atomic E-state index is 0.0845. The van der Waals surface area contributed by atoms with E-state index in [0.29, 0.717) is 0 Å². The molecule has 0 saturated heterocycles. The molecule has 0 saturated carbocycles. The van der Waals surface area contributed by atoms with E-state index in [-0.39, 0.29) is 16.8 Å². The van der Waals surface area contributed by atoms with Crippen LogP contribution in [0.25, 0.3) is 0 Å². The Morgan fingerprint density at radius 2 is 2.00 bits per heavy atom. The first-order chi connectivity index (χ1) is 15.6. The van der Waals surface area contributed by atoms with Gasteiger partial charge in [-0.05, 0) is 12.5 Å². The molecule has 7 heteroatoms. The van der Waals surface area contributed by atoms with Crippen LogP contribution in [0, 0.1) is 6.92 Å². The van der Waals surface area contributed by atoms with E-state index in [1.165, 1.54) is 25.1 Å². The van der Waals surface area contributed by atoms with Crippen molar-refractivity contribution in [2.75, 3.05) is 0 Å². The predicted molar refractivity (Wildman–Crippen MR) is 91.4 cm³/mol. The van der Waals surface area contributed by atoms with Crippen molar-refractivity contribution in [2.24, 2.45) is 5.72 Å². The molecule has 1 atom stereocenters. The molecule has 0 bridgehead atoms. The summed E-state index contributed by atoms with van der Waals surface area (Å²) in [7, 11) is -5.34. The van der Waals surface area contributed by atoms with Gasteiger partial charge >= 0.3 is 10.1 Å². The average Bonchev–Trinajstić information content (AvgIpc) is 3.02. The van der Waals surface area contributed by atoms with E-state index < -0.39 is 69.1 Å². The molecule has 1 aliphatic rings. The molecule has 2 aromatic rings. The third-order valence-electron chi connectivity index (χ3n) is 2.99. The standard InChI is InChI=1S/C18H17NO5S/c1-12-7-9-14(10-8-12)16-15(20)17(18(19)23-16)24-25(21,22)11-13-5-3-2-4-6-13/h2-10,16H,11,19H2,1H3/t16-/m1/s1/i7D,8D,9D,10D,11D2,16D/hD2. The van der Waals surface area contributed by atoms with Crippen LogP contribution in [-0.2, 0) is 29.5 Å². The van der Waals surface area contributed by atoms with Gasteiger partial charge in [-0.1, -0.05) is 60.1 Å². The summed E-state index contributed by atoms with van der Waals surface area (Å²) in [5.41, 5.74) is -4.92. The van der Waals surface area contributed by atoms with E-state index in [1.54, 1.807) is 0 Å². The first-order valence-corrected chi connectivity index (χ1v) is 8.31. The number of Topliss-reactive ketones (excluding diaryl/α,β-unsaturated/α-hetero) is 1. The van der Waals surface area contributed by atoms with Gasteiger partial charge in [0.25, 0.3) is 0 Å². The van der Waals surface area contributed by atoms with Crippen molar-refractivity contribution in [1.29, 1.82) is 0 Å². The fourth-order valence-electron chi connectivity index (χ4n) is 1.90. The van der Waals surface area contributed by atoms with Crippen molar-refractivity contribution >= 4 is 15.9 Å². The van der Waals surface area contributed by atoms with E-state index in [2.05, 4.69) is 4.18 Å². The van der Waals surface area contributed by atoms with Crippen molar-refractivity contribution in [3.05, 3.63) is 82.8 Å². The Labute approximate surface area is 158 Å². The minimum atomic E-state index is -5.34. The monoisotopic (exact) mass is 368 g/mol. The van der Waals surface area contributed by atoms with Gasteiger partial charge in [0.05, 0.1) is 9.60 Å². The number of ether oxygens (including phenoxy) is 1. The normalized spacial score (nSPS) is 26.0. The van der Waals surface area contributed by atoms with E-state index in [0.717, 1.165) is 12.1 Å². The van der Waals surface area contributed by atoms with Gasteiger partial charge in [0, 0.05) is 5.56 Å². The zero-order valence-corrected chi connectivity index (χ0v) is 13.6. The Balaban J connectivity index is 2.14. The quantitative estimate of drug-likeness (QED) is 0.786. The van der Waals surface area contributed by atoms with Gasteiger partial charge in [-0.15, -0.1) is 0 Å². The first kappa shape index (κ1) is 9.05. The number of hydrogen-bond acceptors (Lipinski definition) is 6. The minimum Gasteiger partial charge on any atom is -0.460 e. The second-order valence-corrected chi connectivity index (χ2v) is 6.18. The van der Waals surface area contributed by atoms with Crippen LogP contribution in [0.4, 0.5) is 0 Å². The Morgan fingerprint density at radius 3 is 2.64 bits per heavy atom. The molecule has 0 fully saturated rings. The molecule has 2 aromatic carbocycles. The number of ketones is 1. The summed E-state index contributed by atoms with van der Waals surface area (Å²) in [6.07, 6.45) is -3.15. The highest BCUT2D eigenvalue weighted by molar-refractivity contribution is 7.86. The summed E-state index contributed by atoms with van der Waals surface area (Å²) in [5, 5.41) is 0. The smallest absolute Gasteiger partial charge is 0.313 e. The maximum Gasteiger partial charge on any atom is 0.313 e. The maximum atomic E-state index is 13.1. The van der Waals surface area contributed by atoms with Gasteiger partial charge in [0.1, 0.15) is 5.70 Å². The molecule has 1 aliphatic heterocycles. The van der Waals surface area contributed by atoms with Crippen LogP contribution < -0.4 is 5.72 Å². The lowest BCUT2D eigenvalue weighted by Crippen LogP contribution is -2.16. The maximum absolute atomic E-state index is 13.1. The summed E-state index contributed by atoms with van der Waals surface area (Å²) in [5.74, 6) is -4.27. The van der Waals surface area contributed by atoms with Gasteiger partial charge in [-0.3, -0.25) is 4.79 Å². The van der Waals surface area contributed by atoms with Crippen molar-refractivity contribution < 1.29 is 34.6 Å². The molecule has 3 rings (SSSR count). The Morgan fingerprint density at radius 1 is 1.32 bits per heavy atom. The molecule has 0 spiro atoms. The summed E-state index contributed by atoms with van der Waals surface area (Å²) in [6.45, 7) is 1.28. The molecule has 2 N–H and O–H groups in total. The highest BCUT2D eigenvalue weighted by Gasteiger charge is 2.39. The molecule has 130 valence electrons. The zero-order chi connectivity index (χ0) is 25.8. The predicted octanol–water partition coefficient (Wildman–Crippen LogP) is 2.31. The van der Waals surface area contributed by atoms with E-state index in [9.17, 15) is 13.2 Å². The summed E-state index contributed by atoms with van der Waals surface area (Å²) >= 11 is 0.